The van der Waals surface area contributed by atoms with Crippen LogP contribution in [0, 0.1) is 0 Å². The Bertz CT molecular complexity index is 454. The smallest absolute Gasteiger partial charge is 0.254 e. The van der Waals surface area contributed by atoms with Crippen LogP contribution >= 0.6 is 0 Å². The lowest BCUT2D eigenvalue weighted by atomic mass is 10.2. The van der Waals surface area contributed by atoms with Crippen LogP contribution in [-0.2, 0) is 20.8 Å². The van der Waals surface area contributed by atoms with E-state index in [0.29, 0.717) is 19.8 Å². The molecular formula is C15H21N3O3. The summed E-state index contributed by atoms with van der Waals surface area (Å²) in [4.78, 5) is 20.7. The van der Waals surface area contributed by atoms with Crippen molar-refractivity contribution in [2.45, 2.75) is 12.6 Å². The quantitative estimate of drug-likeness (QED) is 0.793. The van der Waals surface area contributed by atoms with Crippen LogP contribution in [0.2, 0.25) is 0 Å². The lowest BCUT2D eigenvalue weighted by molar-refractivity contribution is -0.159. The van der Waals surface area contributed by atoms with Gasteiger partial charge in [0, 0.05) is 45.1 Å². The standard InChI is InChI=1S/C15H21N3O3/c19-15(14-12-20-8-9-21-14)18-6-4-17(5-7-18)11-13-2-1-3-16-10-13/h1-3,10,14H,4-9,11-12H2/t14-/m1/s1. The van der Waals surface area contributed by atoms with Crippen molar-refractivity contribution in [3.63, 3.8) is 0 Å². The molecule has 6 heteroatoms. The first-order chi connectivity index (χ1) is 10.3. The van der Waals surface area contributed by atoms with Crippen molar-refractivity contribution >= 4 is 5.91 Å². The summed E-state index contributed by atoms with van der Waals surface area (Å²) in [6.07, 6.45) is 3.26. The first-order valence-corrected chi connectivity index (χ1v) is 7.42. The third-order valence-electron chi connectivity index (χ3n) is 3.90. The summed E-state index contributed by atoms with van der Waals surface area (Å²) in [7, 11) is 0. The number of pyridine rings is 1. The Labute approximate surface area is 124 Å². The summed E-state index contributed by atoms with van der Waals surface area (Å²) < 4.78 is 10.8. The Morgan fingerprint density at radius 3 is 2.81 bits per heavy atom. The van der Waals surface area contributed by atoms with Gasteiger partial charge in [-0.25, -0.2) is 0 Å². The summed E-state index contributed by atoms with van der Waals surface area (Å²) in [6.45, 7) is 5.63. The van der Waals surface area contributed by atoms with Crippen molar-refractivity contribution in [1.29, 1.82) is 0 Å². The molecule has 6 nitrogen and oxygen atoms in total. The third kappa shape index (κ3) is 3.78. The first kappa shape index (κ1) is 14.4. The Balaban J connectivity index is 1.47. The number of rotatable bonds is 3. The molecule has 0 spiro atoms. The molecule has 2 saturated heterocycles. The Hall–Kier alpha value is -1.50. The van der Waals surface area contributed by atoms with Crippen molar-refractivity contribution in [3.8, 4) is 0 Å². The molecule has 0 radical (unpaired) electrons. The topological polar surface area (TPSA) is 54.9 Å². The second-order valence-corrected chi connectivity index (χ2v) is 5.40. The molecule has 2 aliphatic rings. The maximum Gasteiger partial charge on any atom is 0.254 e. The van der Waals surface area contributed by atoms with E-state index >= 15 is 0 Å². The lowest BCUT2D eigenvalue weighted by Crippen LogP contribution is -2.53. The number of ether oxygens (including phenoxy) is 2. The van der Waals surface area contributed by atoms with Gasteiger partial charge in [0.05, 0.1) is 19.8 Å². The molecule has 0 N–H and O–H groups in total. The summed E-state index contributed by atoms with van der Waals surface area (Å²) in [6, 6.07) is 4.03. The van der Waals surface area contributed by atoms with Crippen LogP contribution in [0.3, 0.4) is 0 Å². The van der Waals surface area contributed by atoms with E-state index in [2.05, 4.69) is 16.0 Å². The first-order valence-electron chi connectivity index (χ1n) is 7.42. The van der Waals surface area contributed by atoms with E-state index in [1.165, 1.54) is 5.56 Å². The number of aromatic nitrogens is 1. The van der Waals surface area contributed by atoms with Crippen LogP contribution in [0.4, 0.5) is 0 Å². The average molecular weight is 291 g/mol. The van der Waals surface area contributed by atoms with Crippen LogP contribution in [-0.4, -0.2) is 72.8 Å². The number of piperazine rings is 1. The minimum atomic E-state index is -0.413. The van der Waals surface area contributed by atoms with Crippen molar-refractivity contribution in [2.75, 3.05) is 46.0 Å². The molecule has 1 aromatic heterocycles. The molecule has 2 fully saturated rings. The number of carbonyl (C=O) groups excluding carboxylic acids is 1. The van der Waals surface area contributed by atoms with E-state index in [4.69, 9.17) is 9.47 Å². The molecule has 1 atom stereocenters. The van der Waals surface area contributed by atoms with Gasteiger partial charge in [-0.3, -0.25) is 14.7 Å². The van der Waals surface area contributed by atoms with Crippen LogP contribution in [0.1, 0.15) is 5.56 Å². The number of hydrogen-bond acceptors (Lipinski definition) is 5. The fraction of sp³-hybridized carbons (Fsp3) is 0.600. The Morgan fingerprint density at radius 1 is 1.29 bits per heavy atom. The highest BCUT2D eigenvalue weighted by molar-refractivity contribution is 5.81. The van der Waals surface area contributed by atoms with E-state index in [9.17, 15) is 4.79 Å². The van der Waals surface area contributed by atoms with E-state index < -0.39 is 6.10 Å². The zero-order valence-corrected chi connectivity index (χ0v) is 12.1. The summed E-state index contributed by atoms with van der Waals surface area (Å²) in [5.41, 5.74) is 1.21. The zero-order valence-electron chi connectivity index (χ0n) is 12.1. The molecular weight excluding hydrogens is 270 g/mol. The summed E-state index contributed by atoms with van der Waals surface area (Å²) >= 11 is 0. The predicted octanol–water partition coefficient (Wildman–Crippen LogP) is 0.141. The molecule has 1 amide bonds. The third-order valence-corrected chi connectivity index (χ3v) is 3.90. The molecule has 0 unspecified atom stereocenters. The Morgan fingerprint density at radius 2 is 2.14 bits per heavy atom. The number of nitrogens with zero attached hydrogens (tertiary/aromatic N) is 3. The highest BCUT2D eigenvalue weighted by Crippen LogP contribution is 2.11. The maximum absolute atomic E-state index is 12.3. The zero-order chi connectivity index (χ0) is 14.5. The molecule has 3 heterocycles. The van der Waals surface area contributed by atoms with Gasteiger partial charge in [-0.05, 0) is 11.6 Å². The van der Waals surface area contributed by atoms with Gasteiger partial charge in [-0.15, -0.1) is 0 Å². The van der Waals surface area contributed by atoms with Crippen LogP contribution < -0.4 is 0 Å². The van der Waals surface area contributed by atoms with Crippen molar-refractivity contribution in [1.82, 2.24) is 14.8 Å². The highest BCUT2D eigenvalue weighted by Gasteiger charge is 2.29. The molecule has 114 valence electrons. The number of carbonyl (C=O) groups is 1. The van der Waals surface area contributed by atoms with Gasteiger partial charge in [-0.2, -0.15) is 0 Å². The van der Waals surface area contributed by atoms with Gasteiger partial charge in [0.2, 0.25) is 0 Å². The molecule has 3 rings (SSSR count). The second kappa shape index (κ2) is 6.98. The lowest BCUT2D eigenvalue weighted by Gasteiger charge is -2.36. The molecule has 0 bridgehead atoms. The molecule has 0 aromatic carbocycles. The van der Waals surface area contributed by atoms with Gasteiger partial charge < -0.3 is 14.4 Å². The minimum Gasteiger partial charge on any atom is -0.376 e. The van der Waals surface area contributed by atoms with Gasteiger partial charge >= 0.3 is 0 Å². The maximum atomic E-state index is 12.3. The Kier molecular flexibility index (Phi) is 4.80. The summed E-state index contributed by atoms with van der Waals surface area (Å²) in [5.74, 6) is 0.0655. The van der Waals surface area contributed by atoms with Crippen LogP contribution in [0.15, 0.2) is 24.5 Å². The van der Waals surface area contributed by atoms with Gasteiger partial charge in [0.15, 0.2) is 6.10 Å². The van der Waals surface area contributed by atoms with E-state index in [1.54, 1.807) is 6.20 Å². The number of hydrogen-bond donors (Lipinski definition) is 0. The second-order valence-electron chi connectivity index (χ2n) is 5.40. The molecule has 0 aliphatic carbocycles. The highest BCUT2D eigenvalue weighted by atomic mass is 16.6. The van der Waals surface area contributed by atoms with Gasteiger partial charge in [0.25, 0.3) is 5.91 Å². The fourth-order valence-corrected chi connectivity index (χ4v) is 2.71. The largest absolute Gasteiger partial charge is 0.376 e. The monoisotopic (exact) mass is 291 g/mol. The molecule has 2 aliphatic heterocycles. The normalized spacial score (nSPS) is 24.0. The van der Waals surface area contributed by atoms with Crippen LogP contribution in [0.5, 0.6) is 0 Å². The van der Waals surface area contributed by atoms with Crippen LogP contribution in [0.25, 0.3) is 0 Å². The van der Waals surface area contributed by atoms with Crippen molar-refractivity contribution < 1.29 is 14.3 Å². The predicted molar refractivity (Wildman–Crippen MR) is 76.7 cm³/mol. The van der Waals surface area contributed by atoms with Crippen molar-refractivity contribution in [2.24, 2.45) is 0 Å². The molecule has 21 heavy (non-hydrogen) atoms. The van der Waals surface area contributed by atoms with Crippen molar-refractivity contribution in [3.05, 3.63) is 30.1 Å². The van der Waals surface area contributed by atoms with Gasteiger partial charge in [0.1, 0.15) is 0 Å². The SMILES string of the molecule is O=C([C@H]1COCCO1)N1CCN(Cc2cccnc2)CC1. The average Bonchev–Trinajstić information content (AvgIpc) is 2.57. The van der Waals surface area contributed by atoms with E-state index in [0.717, 1.165) is 32.7 Å². The van der Waals surface area contributed by atoms with E-state index in [-0.39, 0.29) is 5.91 Å². The van der Waals surface area contributed by atoms with Gasteiger partial charge in [-0.1, -0.05) is 6.07 Å². The molecule has 1 aromatic rings. The minimum absolute atomic E-state index is 0.0655. The fourth-order valence-electron chi connectivity index (χ4n) is 2.71. The summed E-state index contributed by atoms with van der Waals surface area (Å²) in [5, 5.41) is 0. The molecule has 0 saturated carbocycles. The van der Waals surface area contributed by atoms with E-state index in [1.807, 2.05) is 17.2 Å². The number of amides is 1.